The van der Waals surface area contributed by atoms with Crippen LogP contribution < -0.4 is 0 Å². The van der Waals surface area contributed by atoms with E-state index >= 15 is 0 Å². The molecule has 0 aliphatic carbocycles. The van der Waals surface area contributed by atoms with Crippen molar-refractivity contribution >= 4 is 46.1 Å². The average molecular weight is 416 g/mol. The summed E-state index contributed by atoms with van der Waals surface area (Å²) in [7, 11) is 0. The molecule has 0 spiro atoms. The van der Waals surface area contributed by atoms with Crippen LogP contribution in [0.25, 0.3) is 6.08 Å². The molecule has 2 aromatic carbocycles. The van der Waals surface area contributed by atoms with Gasteiger partial charge < -0.3 is 14.9 Å². The molecule has 0 saturated carbocycles. The van der Waals surface area contributed by atoms with Crippen LogP contribution in [-0.2, 0) is 9.53 Å². The van der Waals surface area contributed by atoms with Gasteiger partial charge in [-0.15, -0.1) is 0 Å². The molecule has 0 bridgehead atoms. The number of aryl methyl sites for hydroxylation is 1. The highest BCUT2D eigenvalue weighted by Crippen LogP contribution is 2.41. The number of aromatic hydroxyl groups is 1. The van der Waals surface area contributed by atoms with Crippen LogP contribution in [-0.4, -0.2) is 27.8 Å². The molecule has 0 unspecified atom stereocenters. The Kier molecular flexibility index (Phi) is 6.11. The summed E-state index contributed by atoms with van der Waals surface area (Å²) in [4.78, 5) is 17.3. The molecule has 0 aromatic heterocycles. The molecule has 0 radical (unpaired) electrons. The SMILES string of the molecule is CCOC(=O)C1=C(O)C(=Cc2cccc(C)c2O)SC1=Nc1ccc(Cl)cc1. The Bertz CT molecular complexity index is 1010. The second-order valence-electron chi connectivity index (χ2n) is 5.96. The summed E-state index contributed by atoms with van der Waals surface area (Å²) in [5.41, 5.74) is 1.83. The number of esters is 1. The summed E-state index contributed by atoms with van der Waals surface area (Å²) in [6, 6.07) is 12.1. The third kappa shape index (κ3) is 4.24. The smallest absolute Gasteiger partial charge is 0.344 e. The number of halogens is 1. The highest BCUT2D eigenvalue weighted by Gasteiger charge is 2.33. The van der Waals surface area contributed by atoms with Gasteiger partial charge in [0, 0.05) is 10.6 Å². The number of hydrogen-bond acceptors (Lipinski definition) is 6. The molecule has 0 amide bonds. The Hall–Kier alpha value is -2.70. The lowest BCUT2D eigenvalue weighted by atomic mass is 10.1. The summed E-state index contributed by atoms with van der Waals surface area (Å²) >= 11 is 7.03. The molecule has 0 atom stereocenters. The molecular weight excluding hydrogens is 398 g/mol. The fourth-order valence-electron chi connectivity index (χ4n) is 2.56. The van der Waals surface area contributed by atoms with Crippen LogP contribution in [0, 0.1) is 6.92 Å². The molecule has 5 nitrogen and oxygen atoms in total. The predicted octanol–water partition coefficient (Wildman–Crippen LogP) is 5.55. The van der Waals surface area contributed by atoms with Gasteiger partial charge in [0.05, 0.1) is 17.2 Å². The van der Waals surface area contributed by atoms with Gasteiger partial charge in [-0.2, -0.15) is 0 Å². The number of para-hydroxylation sites is 1. The molecule has 2 N–H and O–H groups in total. The fraction of sp³-hybridized carbons (Fsp3) is 0.143. The normalized spacial score (nSPS) is 16.8. The van der Waals surface area contributed by atoms with E-state index in [2.05, 4.69) is 4.99 Å². The summed E-state index contributed by atoms with van der Waals surface area (Å²) in [6.45, 7) is 3.65. The molecule has 0 fully saturated rings. The summed E-state index contributed by atoms with van der Waals surface area (Å²) in [6.07, 6.45) is 1.62. The average Bonchev–Trinajstić information content (AvgIpc) is 2.96. The van der Waals surface area contributed by atoms with Crippen LogP contribution in [0.15, 0.2) is 63.7 Å². The number of phenolic OH excluding ortho intramolecular Hbond substituents is 1. The zero-order valence-corrected chi connectivity index (χ0v) is 16.8. The number of carbonyl (C=O) groups excluding carboxylic acids is 1. The maximum atomic E-state index is 12.4. The van der Waals surface area contributed by atoms with E-state index in [-0.39, 0.29) is 23.7 Å². The number of nitrogens with zero attached hydrogens (tertiary/aromatic N) is 1. The molecular formula is C21H18ClNO4S. The highest BCUT2D eigenvalue weighted by molar-refractivity contribution is 8.18. The van der Waals surface area contributed by atoms with Crippen molar-refractivity contribution in [2.45, 2.75) is 13.8 Å². The summed E-state index contributed by atoms with van der Waals surface area (Å²) in [5.74, 6) is -0.765. The van der Waals surface area contributed by atoms with Gasteiger partial charge in [0.15, 0.2) is 0 Å². The third-order valence-electron chi connectivity index (χ3n) is 3.98. The van der Waals surface area contributed by atoms with Gasteiger partial charge in [0.25, 0.3) is 0 Å². The first-order valence-corrected chi connectivity index (χ1v) is 9.73. The number of rotatable bonds is 4. The van der Waals surface area contributed by atoms with Gasteiger partial charge in [0.2, 0.25) is 0 Å². The van der Waals surface area contributed by atoms with E-state index in [1.807, 2.05) is 0 Å². The largest absolute Gasteiger partial charge is 0.507 e. The molecule has 0 saturated heterocycles. The maximum absolute atomic E-state index is 12.4. The van der Waals surface area contributed by atoms with Gasteiger partial charge in [-0.1, -0.05) is 41.6 Å². The van der Waals surface area contributed by atoms with E-state index in [1.54, 1.807) is 62.4 Å². The molecule has 1 aliphatic heterocycles. The number of aliphatic hydroxyl groups excluding tert-OH is 1. The van der Waals surface area contributed by atoms with Gasteiger partial charge in [-0.3, -0.25) is 0 Å². The number of aliphatic hydroxyl groups is 1. The Morgan fingerprint density at radius 1 is 1.21 bits per heavy atom. The topological polar surface area (TPSA) is 79.1 Å². The van der Waals surface area contributed by atoms with Crippen LogP contribution in [0.4, 0.5) is 5.69 Å². The molecule has 1 aliphatic rings. The van der Waals surface area contributed by atoms with Crippen molar-refractivity contribution in [3.63, 3.8) is 0 Å². The molecule has 144 valence electrons. The summed E-state index contributed by atoms with van der Waals surface area (Å²) in [5, 5.41) is 21.8. The van der Waals surface area contributed by atoms with Crippen molar-refractivity contribution in [2.24, 2.45) is 4.99 Å². The van der Waals surface area contributed by atoms with Crippen LogP contribution in [0.2, 0.25) is 5.02 Å². The number of phenols is 1. The Balaban J connectivity index is 2.07. The lowest BCUT2D eigenvalue weighted by Crippen LogP contribution is -2.12. The Labute approximate surface area is 172 Å². The number of benzene rings is 2. The standard InChI is InChI=1S/C21H18ClNO4S/c1-3-27-21(26)17-19(25)16(11-13-6-4-5-12(2)18(13)24)28-20(17)23-15-9-7-14(22)8-10-15/h4-11,24-25H,3H2,1-2H3. The van der Waals surface area contributed by atoms with Crippen molar-refractivity contribution in [1.29, 1.82) is 0 Å². The van der Waals surface area contributed by atoms with Crippen LogP contribution in [0.5, 0.6) is 5.75 Å². The van der Waals surface area contributed by atoms with Gasteiger partial charge in [-0.05, 0) is 49.8 Å². The lowest BCUT2D eigenvalue weighted by molar-refractivity contribution is -0.138. The minimum Gasteiger partial charge on any atom is -0.507 e. The monoisotopic (exact) mass is 415 g/mol. The van der Waals surface area contributed by atoms with E-state index in [9.17, 15) is 15.0 Å². The predicted molar refractivity (Wildman–Crippen MR) is 113 cm³/mol. The van der Waals surface area contributed by atoms with E-state index in [0.717, 1.165) is 11.8 Å². The number of aliphatic imine (C=N–C) groups is 1. The first-order valence-electron chi connectivity index (χ1n) is 8.54. The number of carbonyl (C=O) groups is 1. The first kappa shape index (κ1) is 20.0. The molecule has 28 heavy (non-hydrogen) atoms. The van der Waals surface area contributed by atoms with Crippen molar-refractivity contribution in [2.75, 3.05) is 6.61 Å². The van der Waals surface area contributed by atoms with E-state index in [1.165, 1.54) is 0 Å². The van der Waals surface area contributed by atoms with Gasteiger partial charge >= 0.3 is 5.97 Å². The van der Waals surface area contributed by atoms with Crippen molar-refractivity contribution < 1.29 is 19.7 Å². The first-order chi connectivity index (χ1) is 13.4. The van der Waals surface area contributed by atoms with Crippen molar-refractivity contribution in [3.8, 4) is 5.75 Å². The van der Waals surface area contributed by atoms with Crippen LogP contribution in [0.1, 0.15) is 18.1 Å². The quantitative estimate of drug-likeness (QED) is 0.640. The van der Waals surface area contributed by atoms with Crippen LogP contribution in [0.3, 0.4) is 0 Å². The second kappa shape index (κ2) is 8.54. The van der Waals surface area contributed by atoms with Crippen molar-refractivity contribution in [3.05, 3.63) is 74.9 Å². The van der Waals surface area contributed by atoms with E-state index in [4.69, 9.17) is 16.3 Å². The Morgan fingerprint density at radius 3 is 2.61 bits per heavy atom. The molecule has 2 aromatic rings. The Morgan fingerprint density at radius 2 is 1.93 bits per heavy atom. The van der Waals surface area contributed by atoms with E-state index < -0.39 is 5.97 Å². The number of ether oxygens (including phenoxy) is 1. The summed E-state index contributed by atoms with van der Waals surface area (Å²) < 4.78 is 5.08. The van der Waals surface area contributed by atoms with Gasteiger partial charge in [0.1, 0.15) is 22.1 Å². The minimum atomic E-state index is -0.655. The molecule has 1 heterocycles. The zero-order chi connectivity index (χ0) is 20.3. The van der Waals surface area contributed by atoms with Gasteiger partial charge in [-0.25, -0.2) is 9.79 Å². The molecule has 3 rings (SSSR count). The maximum Gasteiger partial charge on any atom is 0.344 e. The fourth-order valence-corrected chi connectivity index (χ4v) is 3.72. The zero-order valence-electron chi connectivity index (χ0n) is 15.3. The highest BCUT2D eigenvalue weighted by atomic mass is 35.5. The van der Waals surface area contributed by atoms with E-state index in [0.29, 0.717) is 31.8 Å². The third-order valence-corrected chi connectivity index (χ3v) is 5.25. The van der Waals surface area contributed by atoms with Crippen LogP contribution >= 0.6 is 23.4 Å². The second-order valence-corrected chi connectivity index (χ2v) is 7.43. The van der Waals surface area contributed by atoms with Crippen molar-refractivity contribution in [1.82, 2.24) is 0 Å². The lowest BCUT2D eigenvalue weighted by Gasteiger charge is -2.04. The minimum absolute atomic E-state index is 0.000179. The molecule has 7 heteroatoms. The number of hydrogen-bond donors (Lipinski definition) is 2. The number of thioether (sulfide) groups is 1.